The van der Waals surface area contributed by atoms with Crippen LogP contribution in [0.3, 0.4) is 0 Å². The van der Waals surface area contributed by atoms with Gasteiger partial charge in [0.1, 0.15) is 11.5 Å². The number of alkyl halides is 2. The van der Waals surface area contributed by atoms with Crippen LogP contribution in [0.1, 0.15) is 35.8 Å². The lowest BCUT2D eigenvalue weighted by Crippen LogP contribution is -2.04. The quantitative estimate of drug-likeness (QED) is 0.315. The highest BCUT2D eigenvalue weighted by molar-refractivity contribution is 6.40. The number of aromatic hydroxyl groups is 1. The fourth-order valence-electron chi connectivity index (χ4n) is 3.61. The standard InChI is InChI=1S/C13H16O4.C11H12O3.CH2Cl2/c1-15-8-17-10-5-3-9(4-6-10)11-7-12(11)13(14)16-2;1-14-11(13)10-6-9(10)7-2-4-8(12)5-3-7;2-1-3/h3-6,11-12H,7-8H2,1-2H3;2-5,9-10,12H,6H2,1H3;1H2. The van der Waals surface area contributed by atoms with Gasteiger partial charge in [-0.2, -0.15) is 0 Å². The highest BCUT2D eigenvalue weighted by Gasteiger charge is 2.45. The molecule has 0 spiro atoms. The van der Waals surface area contributed by atoms with Gasteiger partial charge in [-0.1, -0.05) is 24.3 Å². The number of phenolic OH excluding ortho intramolecular Hbond substituents is 1. The smallest absolute Gasteiger partial charge is 0.309 e. The van der Waals surface area contributed by atoms with Crippen LogP contribution in [0.4, 0.5) is 0 Å². The molecule has 2 fully saturated rings. The Hall–Kier alpha value is -2.48. The molecular weight excluding hydrogens is 483 g/mol. The van der Waals surface area contributed by atoms with E-state index in [2.05, 4.69) is 4.74 Å². The van der Waals surface area contributed by atoms with Crippen LogP contribution in [0, 0.1) is 11.8 Å². The summed E-state index contributed by atoms with van der Waals surface area (Å²) in [6.07, 6.45) is 1.74. The molecule has 0 radical (unpaired) electrons. The van der Waals surface area contributed by atoms with E-state index in [-0.39, 0.29) is 47.6 Å². The van der Waals surface area contributed by atoms with Crippen LogP contribution in [0.25, 0.3) is 0 Å². The predicted molar refractivity (Wildman–Crippen MR) is 129 cm³/mol. The van der Waals surface area contributed by atoms with E-state index in [9.17, 15) is 9.59 Å². The van der Waals surface area contributed by atoms with E-state index >= 15 is 0 Å². The molecule has 7 nitrogen and oxygen atoms in total. The number of carbonyl (C=O) groups excluding carboxylic acids is 2. The van der Waals surface area contributed by atoms with Gasteiger partial charge >= 0.3 is 11.9 Å². The number of halogens is 2. The molecule has 0 amide bonds. The maximum Gasteiger partial charge on any atom is 0.309 e. The molecule has 2 aliphatic carbocycles. The highest BCUT2D eigenvalue weighted by atomic mass is 35.5. The average molecular weight is 513 g/mol. The van der Waals surface area contributed by atoms with Gasteiger partial charge in [0.25, 0.3) is 0 Å². The van der Waals surface area contributed by atoms with Crippen molar-refractivity contribution in [2.45, 2.75) is 24.7 Å². The monoisotopic (exact) mass is 512 g/mol. The molecule has 0 heterocycles. The zero-order valence-electron chi connectivity index (χ0n) is 19.4. The molecule has 0 aliphatic heterocycles. The second-order valence-corrected chi connectivity index (χ2v) is 8.56. The summed E-state index contributed by atoms with van der Waals surface area (Å²) in [7, 11) is 4.42. The van der Waals surface area contributed by atoms with E-state index in [1.54, 1.807) is 19.2 Å². The van der Waals surface area contributed by atoms with Crippen molar-refractivity contribution in [2.75, 3.05) is 33.5 Å². The molecule has 2 aromatic carbocycles. The Balaban J connectivity index is 0.000000219. The third-order valence-corrected chi connectivity index (χ3v) is 5.56. The van der Waals surface area contributed by atoms with Crippen LogP contribution in [-0.4, -0.2) is 50.5 Å². The molecule has 2 saturated carbocycles. The molecule has 0 aromatic heterocycles. The minimum absolute atomic E-state index is 0.0181. The second-order valence-electron chi connectivity index (χ2n) is 7.76. The van der Waals surface area contributed by atoms with Crippen molar-refractivity contribution in [2.24, 2.45) is 11.8 Å². The lowest BCUT2D eigenvalue weighted by Gasteiger charge is -2.05. The van der Waals surface area contributed by atoms with E-state index in [0.29, 0.717) is 5.92 Å². The minimum Gasteiger partial charge on any atom is -0.508 e. The molecule has 0 bridgehead atoms. The largest absolute Gasteiger partial charge is 0.508 e. The maximum atomic E-state index is 11.3. The van der Waals surface area contributed by atoms with Crippen molar-refractivity contribution in [3.63, 3.8) is 0 Å². The number of esters is 2. The molecule has 186 valence electrons. The molecule has 4 atom stereocenters. The molecule has 2 aliphatic rings. The van der Waals surface area contributed by atoms with Crippen molar-refractivity contribution >= 4 is 35.1 Å². The number of hydrogen-bond donors (Lipinski definition) is 1. The molecule has 1 N–H and O–H groups in total. The average Bonchev–Trinajstić information content (AvgIpc) is 3.78. The Labute approximate surface area is 209 Å². The number of hydrogen-bond acceptors (Lipinski definition) is 7. The fraction of sp³-hybridized carbons (Fsp3) is 0.440. The van der Waals surface area contributed by atoms with Crippen LogP contribution in [0.2, 0.25) is 0 Å². The number of phenols is 1. The van der Waals surface area contributed by atoms with E-state index < -0.39 is 0 Å². The van der Waals surface area contributed by atoms with Crippen molar-refractivity contribution in [1.82, 2.24) is 0 Å². The van der Waals surface area contributed by atoms with Gasteiger partial charge in [-0.25, -0.2) is 0 Å². The molecule has 4 rings (SSSR count). The summed E-state index contributed by atoms with van der Waals surface area (Å²) in [5, 5.41) is 9.28. The Morgan fingerprint density at radius 2 is 1.24 bits per heavy atom. The van der Waals surface area contributed by atoms with Crippen LogP contribution < -0.4 is 4.74 Å². The van der Waals surface area contributed by atoms with Crippen LogP contribution in [0.5, 0.6) is 11.5 Å². The van der Waals surface area contributed by atoms with E-state index in [1.165, 1.54) is 14.2 Å². The maximum absolute atomic E-state index is 11.3. The molecule has 0 saturated heterocycles. The summed E-state index contributed by atoms with van der Waals surface area (Å²) >= 11 is 9.53. The van der Waals surface area contributed by atoms with Gasteiger partial charge in [-0.15, -0.1) is 23.2 Å². The summed E-state index contributed by atoms with van der Waals surface area (Å²) in [5.41, 5.74) is 2.25. The van der Waals surface area contributed by atoms with Gasteiger partial charge in [0.15, 0.2) is 6.79 Å². The summed E-state index contributed by atoms with van der Waals surface area (Å²) in [4.78, 5) is 22.5. The Morgan fingerprint density at radius 1 is 0.824 bits per heavy atom. The molecule has 9 heteroatoms. The summed E-state index contributed by atoms with van der Waals surface area (Å²) in [6, 6.07) is 14.7. The minimum atomic E-state index is -0.136. The summed E-state index contributed by atoms with van der Waals surface area (Å²) in [5.74, 6) is 1.41. The first-order valence-corrected chi connectivity index (χ1v) is 11.7. The highest BCUT2D eigenvalue weighted by Crippen LogP contribution is 2.49. The summed E-state index contributed by atoms with van der Waals surface area (Å²) < 4.78 is 19.5. The number of rotatable bonds is 7. The lowest BCUT2D eigenvalue weighted by molar-refractivity contribution is -0.143. The Kier molecular flexibility index (Phi) is 11.5. The van der Waals surface area contributed by atoms with Crippen LogP contribution in [-0.2, 0) is 23.8 Å². The first-order chi connectivity index (χ1) is 16.4. The van der Waals surface area contributed by atoms with Gasteiger partial charge in [-0.3, -0.25) is 9.59 Å². The number of carbonyl (C=O) groups is 2. The van der Waals surface area contributed by atoms with Crippen molar-refractivity contribution in [3.05, 3.63) is 59.7 Å². The van der Waals surface area contributed by atoms with Gasteiger partial charge < -0.3 is 24.1 Å². The van der Waals surface area contributed by atoms with Crippen molar-refractivity contribution < 1.29 is 33.6 Å². The SMILES string of the molecule is COC(=O)C1CC1c1ccc(O)cc1.COCOc1ccc(C2CC2C(=O)OC)cc1.ClCCl. The second kappa shape index (κ2) is 14.0. The predicted octanol–water partition coefficient (Wildman–Crippen LogP) is 5.04. The zero-order chi connectivity index (χ0) is 25.1. The van der Waals surface area contributed by atoms with E-state index in [4.69, 9.17) is 42.5 Å². The van der Waals surface area contributed by atoms with E-state index in [0.717, 1.165) is 29.7 Å². The molecule has 4 unspecified atom stereocenters. The Bertz CT molecular complexity index is 902. The van der Waals surface area contributed by atoms with Gasteiger partial charge in [0.05, 0.1) is 31.4 Å². The first kappa shape index (κ1) is 27.8. The van der Waals surface area contributed by atoms with Crippen LogP contribution >= 0.6 is 23.2 Å². The normalized spacial score (nSPS) is 21.6. The molecule has 34 heavy (non-hydrogen) atoms. The third kappa shape index (κ3) is 8.38. The summed E-state index contributed by atoms with van der Waals surface area (Å²) in [6.45, 7) is 0.244. The number of ether oxygens (including phenoxy) is 4. The van der Waals surface area contributed by atoms with Gasteiger partial charge in [0.2, 0.25) is 0 Å². The zero-order valence-corrected chi connectivity index (χ0v) is 20.9. The van der Waals surface area contributed by atoms with Crippen molar-refractivity contribution in [3.8, 4) is 11.5 Å². The van der Waals surface area contributed by atoms with E-state index in [1.807, 2.05) is 36.4 Å². The Morgan fingerprint density at radius 3 is 1.62 bits per heavy atom. The fourth-order valence-corrected chi connectivity index (χ4v) is 3.61. The molecule has 2 aromatic rings. The lowest BCUT2D eigenvalue weighted by atomic mass is 10.1. The van der Waals surface area contributed by atoms with Crippen LogP contribution in [0.15, 0.2) is 48.5 Å². The third-order valence-electron chi connectivity index (χ3n) is 5.56. The first-order valence-electron chi connectivity index (χ1n) is 10.7. The molecular formula is C25H30Cl2O7. The number of benzene rings is 2. The van der Waals surface area contributed by atoms with Gasteiger partial charge in [0, 0.05) is 7.11 Å². The topological polar surface area (TPSA) is 91.3 Å². The van der Waals surface area contributed by atoms with Gasteiger partial charge in [-0.05, 0) is 60.1 Å². The number of methoxy groups -OCH3 is 3. The van der Waals surface area contributed by atoms with Crippen molar-refractivity contribution in [1.29, 1.82) is 0 Å².